The van der Waals surface area contributed by atoms with Crippen molar-refractivity contribution in [3.05, 3.63) is 95.1 Å². The van der Waals surface area contributed by atoms with Crippen LogP contribution in [0.3, 0.4) is 0 Å². The van der Waals surface area contributed by atoms with Crippen LogP contribution in [0.2, 0.25) is 0 Å². The molecule has 0 aliphatic heterocycles. The fourth-order valence-electron chi connectivity index (χ4n) is 4.45. The van der Waals surface area contributed by atoms with Crippen molar-refractivity contribution in [1.29, 1.82) is 0 Å². The minimum Gasteiger partial charge on any atom is -0.492 e. The molecule has 180 valence electrons. The molecule has 0 aliphatic rings. The van der Waals surface area contributed by atoms with E-state index in [4.69, 9.17) is 9.57 Å². The maximum absolute atomic E-state index is 13.6. The molecule has 36 heavy (non-hydrogen) atoms. The third-order valence-corrected chi connectivity index (χ3v) is 6.14. The molecule has 0 aliphatic carbocycles. The van der Waals surface area contributed by atoms with Crippen LogP contribution < -0.4 is 14.1 Å². The van der Waals surface area contributed by atoms with Crippen LogP contribution in [0.4, 0.5) is 0 Å². The number of aromatic hydroxyl groups is 2. The highest BCUT2D eigenvalue weighted by molar-refractivity contribution is 6.13. The summed E-state index contributed by atoms with van der Waals surface area (Å²) in [6.45, 7) is 3.44. The summed E-state index contributed by atoms with van der Waals surface area (Å²) in [6, 6.07) is 20.7. The number of aromatic nitrogens is 2. The molecule has 8 nitrogen and oxygen atoms in total. The molecule has 5 rings (SSSR count). The van der Waals surface area contributed by atoms with Crippen LogP contribution in [0, 0.1) is 13.8 Å². The number of nitrogens with zero attached hydrogens (tertiary/aromatic N) is 2. The Kier molecular flexibility index (Phi) is 5.56. The Morgan fingerprint density at radius 2 is 1.28 bits per heavy atom. The third kappa shape index (κ3) is 3.78. The summed E-state index contributed by atoms with van der Waals surface area (Å²) in [5.41, 5.74) is 3.51. The lowest BCUT2D eigenvalue weighted by Crippen LogP contribution is -2.31. The van der Waals surface area contributed by atoms with Crippen LogP contribution in [0.25, 0.3) is 21.8 Å². The van der Waals surface area contributed by atoms with E-state index in [0.717, 1.165) is 21.8 Å². The summed E-state index contributed by atoms with van der Waals surface area (Å²) in [4.78, 5) is 31.3. The van der Waals surface area contributed by atoms with Gasteiger partial charge in [-0.3, -0.25) is 0 Å². The Balaban J connectivity index is 1.52. The Morgan fingerprint density at radius 3 is 1.81 bits per heavy atom. The number of hydrogen-bond acceptors (Lipinski definition) is 6. The lowest BCUT2D eigenvalue weighted by molar-refractivity contribution is -0.617. The first-order valence-corrected chi connectivity index (χ1v) is 11.2. The number of ether oxygens (including phenoxy) is 1. The number of para-hydroxylation sites is 2. The molecular weight excluding hydrogens is 460 g/mol. The second kappa shape index (κ2) is 8.74. The number of fused-ring (bicyclic) bond motifs is 2. The summed E-state index contributed by atoms with van der Waals surface area (Å²) in [6.07, 6.45) is 0. The topological polar surface area (TPSA) is 102 Å². The van der Waals surface area contributed by atoms with Crippen molar-refractivity contribution in [1.82, 2.24) is 4.73 Å². The SMILES string of the molecule is Cc1cc(C(=O)On2c(O)ccc2O)cc(C)c1OC(=O)c1c2ccccc2[n+](C)c2ccccc12. The Morgan fingerprint density at radius 1 is 0.778 bits per heavy atom. The van der Waals surface area contributed by atoms with Gasteiger partial charge in [0.05, 0.1) is 21.9 Å². The molecule has 0 saturated carbocycles. The minimum absolute atomic E-state index is 0.167. The van der Waals surface area contributed by atoms with Gasteiger partial charge in [0.1, 0.15) is 12.8 Å². The second-order valence-corrected chi connectivity index (χ2v) is 8.52. The predicted octanol–water partition coefficient (Wildman–Crippen LogP) is 4.14. The summed E-state index contributed by atoms with van der Waals surface area (Å²) in [7, 11) is 1.96. The maximum atomic E-state index is 13.6. The predicted molar refractivity (Wildman–Crippen MR) is 132 cm³/mol. The molecule has 2 heterocycles. The Hall–Kier alpha value is -4.85. The number of aryl methyl sites for hydroxylation is 3. The van der Waals surface area contributed by atoms with Crippen LogP contribution in [0.5, 0.6) is 17.5 Å². The van der Waals surface area contributed by atoms with Crippen molar-refractivity contribution in [3.63, 3.8) is 0 Å². The van der Waals surface area contributed by atoms with E-state index in [-0.39, 0.29) is 5.56 Å². The fraction of sp³-hybridized carbons (Fsp3) is 0.107. The highest BCUT2D eigenvalue weighted by Crippen LogP contribution is 2.30. The number of esters is 1. The Labute approximate surface area is 206 Å². The average molecular weight is 484 g/mol. The van der Waals surface area contributed by atoms with E-state index in [1.54, 1.807) is 13.8 Å². The quantitative estimate of drug-likeness (QED) is 0.172. The van der Waals surface area contributed by atoms with E-state index in [9.17, 15) is 19.8 Å². The molecule has 0 bridgehead atoms. The molecule has 0 amide bonds. The maximum Gasteiger partial charge on any atom is 0.363 e. The largest absolute Gasteiger partial charge is 0.492 e. The second-order valence-electron chi connectivity index (χ2n) is 8.52. The van der Waals surface area contributed by atoms with E-state index >= 15 is 0 Å². The smallest absolute Gasteiger partial charge is 0.363 e. The van der Waals surface area contributed by atoms with E-state index in [0.29, 0.717) is 27.2 Å². The zero-order chi connectivity index (χ0) is 25.6. The molecule has 0 saturated heterocycles. The number of pyridine rings is 1. The van der Waals surface area contributed by atoms with Gasteiger partial charge in [0.25, 0.3) is 0 Å². The first kappa shape index (κ1) is 22.9. The van der Waals surface area contributed by atoms with Gasteiger partial charge in [-0.25, -0.2) is 9.59 Å². The monoisotopic (exact) mass is 483 g/mol. The lowest BCUT2D eigenvalue weighted by atomic mass is 10.0. The summed E-state index contributed by atoms with van der Waals surface area (Å²) >= 11 is 0. The standard InChI is InChI=1S/C28H22N2O6/c1-16-14-18(27(33)36-30-23(31)12-13-24(30)32)15-17(2)26(16)35-28(34)25-19-8-4-6-10-21(19)29(3)22-11-7-5-9-20(22)25/h4-15,34H,1-3H3/p+1. The highest BCUT2D eigenvalue weighted by Gasteiger charge is 2.25. The molecule has 0 fully saturated rings. The van der Waals surface area contributed by atoms with Gasteiger partial charge in [-0.2, -0.15) is 4.57 Å². The summed E-state index contributed by atoms with van der Waals surface area (Å²) < 4.78 is 8.57. The van der Waals surface area contributed by atoms with Gasteiger partial charge in [-0.05, 0) is 49.2 Å². The van der Waals surface area contributed by atoms with E-state index < -0.39 is 23.7 Å². The fourth-order valence-corrected chi connectivity index (χ4v) is 4.45. The van der Waals surface area contributed by atoms with Gasteiger partial charge < -0.3 is 19.8 Å². The van der Waals surface area contributed by atoms with Crippen molar-refractivity contribution >= 4 is 33.7 Å². The van der Waals surface area contributed by atoms with Crippen molar-refractivity contribution in [2.24, 2.45) is 7.05 Å². The Bertz CT molecular complexity index is 1590. The number of hydrogen-bond donors (Lipinski definition) is 2. The molecule has 5 aromatic rings. The molecule has 0 radical (unpaired) electrons. The van der Waals surface area contributed by atoms with E-state index in [1.165, 1.54) is 24.3 Å². The number of carbonyl (C=O) groups is 2. The number of benzene rings is 3. The molecule has 2 aromatic heterocycles. The van der Waals surface area contributed by atoms with Crippen molar-refractivity contribution in [3.8, 4) is 17.5 Å². The van der Waals surface area contributed by atoms with Crippen molar-refractivity contribution < 1.29 is 33.9 Å². The molecule has 0 spiro atoms. The van der Waals surface area contributed by atoms with Gasteiger partial charge in [0.2, 0.25) is 22.8 Å². The van der Waals surface area contributed by atoms with Crippen LogP contribution >= 0.6 is 0 Å². The van der Waals surface area contributed by atoms with Crippen LogP contribution in [-0.4, -0.2) is 26.9 Å². The van der Waals surface area contributed by atoms with Crippen molar-refractivity contribution in [2.75, 3.05) is 0 Å². The zero-order valence-corrected chi connectivity index (χ0v) is 19.9. The summed E-state index contributed by atoms with van der Waals surface area (Å²) in [5.74, 6) is -1.81. The van der Waals surface area contributed by atoms with Gasteiger partial charge in [-0.1, -0.05) is 24.3 Å². The van der Waals surface area contributed by atoms with Gasteiger partial charge in [0, 0.05) is 24.3 Å². The molecule has 3 aromatic carbocycles. The van der Waals surface area contributed by atoms with Gasteiger partial charge >= 0.3 is 11.9 Å². The van der Waals surface area contributed by atoms with Crippen molar-refractivity contribution in [2.45, 2.75) is 13.8 Å². The van der Waals surface area contributed by atoms with Crippen LogP contribution in [-0.2, 0) is 7.05 Å². The molecular formula is C28H23N2O6+. The molecule has 8 heteroatoms. The molecule has 2 N–H and O–H groups in total. The van der Waals surface area contributed by atoms with Gasteiger partial charge in [-0.15, -0.1) is 4.73 Å². The van der Waals surface area contributed by atoms with Gasteiger partial charge in [0.15, 0.2) is 0 Å². The first-order valence-electron chi connectivity index (χ1n) is 11.2. The number of rotatable bonds is 4. The third-order valence-electron chi connectivity index (χ3n) is 6.14. The van der Waals surface area contributed by atoms with E-state index in [2.05, 4.69) is 0 Å². The van der Waals surface area contributed by atoms with E-state index in [1.807, 2.05) is 60.1 Å². The summed E-state index contributed by atoms with van der Waals surface area (Å²) in [5, 5.41) is 21.0. The highest BCUT2D eigenvalue weighted by atomic mass is 16.7. The molecule has 0 atom stereocenters. The average Bonchev–Trinajstić information content (AvgIpc) is 3.18. The minimum atomic E-state index is -0.798. The van der Waals surface area contributed by atoms with Crippen LogP contribution in [0.15, 0.2) is 72.8 Å². The normalized spacial score (nSPS) is 11.1. The van der Waals surface area contributed by atoms with Crippen LogP contribution in [0.1, 0.15) is 31.8 Å². The number of carbonyl (C=O) groups excluding carboxylic acids is 2. The molecule has 0 unspecified atom stereocenters. The first-order chi connectivity index (χ1) is 17.3. The zero-order valence-electron chi connectivity index (χ0n) is 19.9. The lowest BCUT2D eigenvalue weighted by Gasteiger charge is -2.14.